The average Bonchev–Trinajstić information content (AvgIpc) is 3.53. The van der Waals surface area contributed by atoms with Crippen LogP contribution in [0, 0.1) is 29.5 Å². The minimum Gasteiger partial charge on any atom is -0.481 e. The van der Waals surface area contributed by atoms with Crippen LogP contribution in [0.1, 0.15) is 27.7 Å². The number of halogens is 3. The first-order valence-electron chi connectivity index (χ1n) is 12.4. The molecule has 12 nitrogen and oxygen atoms in total. The summed E-state index contributed by atoms with van der Waals surface area (Å²) in [5.41, 5.74) is -2.17. The molecule has 0 aliphatic heterocycles. The molecule has 0 unspecified atom stereocenters. The number of aliphatic hydroxyl groups excluding tert-OH is 1. The normalized spacial score (nSPS) is 26.2. The van der Waals surface area contributed by atoms with E-state index in [1.54, 1.807) is 27.7 Å². The predicted molar refractivity (Wildman–Crippen MR) is 144 cm³/mol. The van der Waals surface area contributed by atoms with Gasteiger partial charge in [0.1, 0.15) is 11.4 Å². The maximum absolute atomic E-state index is 13.6. The Balaban J connectivity index is 0.00000588. The fraction of sp³-hybridized carbons (Fsp3) is 0.600. The summed E-state index contributed by atoms with van der Waals surface area (Å²) < 4.78 is 33.8. The molecule has 1 aromatic carbocycles. The number of carbonyl (C=O) groups excluding carboxylic acids is 2. The molecule has 2 aliphatic rings. The lowest BCUT2D eigenvalue weighted by Gasteiger charge is -2.43. The third-order valence-corrected chi connectivity index (χ3v) is 8.17. The molecule has 41 heavy (non-hydrogen) atoms. The smallest absolute Gasteiger partial charge is 0.481 e. The van der Waals surface area contributed by atoms with Gasteiger partial charge >= 0.3 is 24.2 Å². The summed E-state index contributed by atoms with van der Waals surface area (Å²) in [5, 5.41) is 31.5. The molecule has 0 saturated heterocycles. The molecule has 16 heteroatoms. The van der Waals surface area contributed by atoms with Gasteiger partial charge in [-0.3, -0.25) is 9.59 Å². The van der Waals surface area contributed by atoms with Gasteiger partial charge in [0.05, 0.1) is 29.3 Å². The lowest BCUT2D eigenvalue weighted by atomic mass is 9.79. The van der Waals surface area contributed by atoms with E-state index >= 15 is 0 Å². The number of benzene rings is 1. The van der Waals surface area contributed by atoms with Crippen molar-refractivity contribution in [3.63, 3.8) is 0 Å². The first kappa shape index (κ1) is 34.7. The molecule has 0 radical (unpaired) electrons. The first-order chi connectivity index (χ1) is 18.7. The second-order valence-electron chi connectivity index (χ2n) is 10.0. The van der Waals surface area contributed by atoms with Crippen molar-refractivity contribution >= 4 is 60.0 Å². The number of aliphatic hydroxyl groups is 1. The Morgan fingerprint density at radius 3 is 2.02 bits per heavy atom. The number of hydrogen-bond acceptors (Lipinski definition) is 11. The van der Waals surface area contributed by atoms with Crippen LogP contribution in [0.25, 0.3) is 0 Å². The van der Waals surface area contributed by atoms with Gasteiger partial charge < -0.3 is 34.3 Å². The van der Waals surface area contributed by atoms with Crippen molar-refractivity contribution in [3.8, 4) is 0 Å². The molecule has 0 amide bonds. The van der Waals surface area contributed by atoms with E-state index in [1.165, 1.54) is 12.1 Å². The predicted octanol–water partition coefficient (Wildman–Crippen LogP) is 4.09. The third kappa shape index (κ3) is 7.47. The van der Waals surface area contributed by atoms with E-state index in [0.29, 0.717) is 4.90 Å². The second-order valence-corrected chi connectivity index (χ2v) is 11.5. The number of hydrogen-bond donors (Lipinski definition) is 3. The monoisotopic (exact) mass is 643 g/mol. The highest BCUT2D eigenvalue weighted by molar-refractivity contribution is 7.99. The van der Waals surface area contributed by atoms with E-state index in [0.717, 1.165) is 22.7 Å². The number of carboxylic acid groups (broad SMARTS) is 2. The Labute approximate surface area is 250 Å². The SMILES string of the molecule is CC(C)OC(=O)OCN(COC(=O)OC(C)C)[C@]1(C(=O)O)[C@@H]2[C@@H](C(=O)O)[C@@H]2[C@H](O)[C@H]1CSc1ccc(F)c(Cl)c1.Cl. The highest BCUT2D eigenvalue weighted by Gasteiger charge is 2.80. The van der Waals surface area contributed by atoms with Gasteiger partial charge in [-0.15, -0.1) is 24.2 Å². The number of carboxylic acids is 2. The maximum Gasteiger partial charge on any atom is 0.509 e. The molecule has 1 aromatic rings. The van der Waals surface area contributed by atoms with E-state index in [9.17, 15) is 38.9 Å². The fourth-order valence-electron chi connectivity index (χ4n) is 5.25. The summed E-state index contributed by atoms with van der Waals surface area (Å²) >= 11 is 6.93. The van der Waals surface area contributed by atoms with Gasteiger partial charge in [-0.25, -0.2) is 18.9 Å². The van der Waals surface area contributed by atoms with Crippen LogP contribution in [0.3, 0.4) is 0 Å². The molecule has 2 saturated carbocycles. The number of rotatable bonds is 12. The Morgan fingerprint density at radius 2 is 1.59 bits per heavy atom. The first-order valence-corrected chi connectivity index (χ1v) is 13.7. The third-order valence-electron chi connectivity index (χ3n) is 6.77. The van der Waals surface area contributed by atoms with Gasteiger partial charge in [0, 0.05) is 28.4 Å². The Kier molecular flexibility index (Phi) is 11.9. The van der Waals surface area contributed by atoms with E-state index < -0.39 is 91.1 Å². The molecular formula is C25H32Cl2FNO11S. The van der Waals surface area contributed by atoms with E-state index in [4.69, 9.17) is 30.5 Å². The highest BCUT2D eigenvalue weighted by atomic mass is 35.5. The molecular weight excluding hydrogens is 612 g/mol. The standard InChI is InChI=1S/C25H31ClFNO11S.ClH/c1-11(2)38-23(34)36-9-28(10-37-24(35)39-12(3)4)25(22(32)33)14(20(29)17-18(19(17)25)21(30)31)8-40-13-5-6-16(27)15(26)7-13;/h5-7,11-12,14,17-20,29H,8-10H2,1-4H3,(H,30,31)(H,32,33);1H/t14-,17+,18+,19+,20-,25+;/m1./s1. The van der Waals surface area contributed by atoms with Gasteiger partial charge in [0.15, 0.2) is 13.5 Å². The van der Waals surface area contributed by atoms with E-state index in [-0.39, 0.29) is 23.2 Å². The number of fused-ring (bicyclic) bond motifs is 1. The van der Waals surface area contributed by atoms with Crippen molar-refractivity contribution in [2.45, 2.75) is 56.4 Å². The van der Waals surface area contributed by atoms with Crippen molar-refractivity contribution in [1.82, 2.24) is 4.90 Å². The van der Waals surface area contributed by atoms with Gasteiger partial charge in [0.2, 0.25) is 0 Å². The quantitative estimate of drug-likeness (QED) is 0.169. The molecule has 0 bridgehead atoms. The van der Waals surface area contributed by atoms with Gasteiger partial charge in [-0.2, -0.15) is 0 Å². The molecule has 3 N–H and O–H groups in total. The molecule has 230 valence electrons. The number of nitrogens with zero attached hydrogens (tertiary/aromatic N) is 1. The lowest BCUT2D eigenvalue weighted by Crippen LogP contribution is -2.63. The van der Waals surface area contributed by atoms with Crippen LogP contribution in [0.5, 0.6) is 0 Å². The Morgan fingerprint density at radius 1 is 1.05 bits per heavy atom. The van der Waals surface area contributed by atoms with Crippen LogP contribution in [0.15, 0.2) is 23.1 Å². The number of ether oxygens (including phenoxy) is 4. The lowest BCUT2D eigenvalue weighted by molar-refractivity contribution is -0.174. The van der Waals surface area contributed by atoms with Crippen LogP contribution in [-0.2, 0) is 28.5 Å². The van der Waals surface area contributed by atoms with Crippen LogP contribution in [0.2, 0.25) is 5.02 Å². The largest absolute Gasteiger partial charge is 0.509 e. The molecule has 0 heterocycles. The van der Waals surface area contributed by atoms with Crippen molar-refractivity contribution in [2.75, 3.05) is 19.2 Å². The molecule has 0 spiro atoms. The van der Waals surface area contributed by atoms with Crippen molar-refractivity contribution in [1.29, 1.82) is 0 Å². The van der Waals surface area contributed by atoms with E-state index in [2.05, 4.69) is 0 Å². The van der Waals surface area contributed by atoms with Gasteiger partial charge in [-0.05, 0) is 45.9 Å². The summed E-state index contributed by atoms with van der Waals surface area (Å²) in [6.45, 7) is 4.71. The van der Waals surface area contributed by atoms with E-state index in [1.807, 2.05) is 0 Å². The summed E-state index contributed by atoms with van der Waals surface area (Å²) in [6.07, 6.45) is -4.80. The van der Waals surface area contributed by atoms with Crippen LogP contribution in [0.4, 0.5) is 14.0 Å². The topological polar surface area (TPSA) is 169 Å². The summed E-state index contributed by atoms with van der Waals surface area (Å²) in [6, 6.07) is 3.89. The fourth-order valence-corrected chi connectivity index (χ4v) is 6.68. The second kappa shape index (κ2) is 14.1. The number of thioether (sulfide) groups is 1. The molecule has 2 aliphatic carbocycles. The highest BCUT2D eigenvalue weighted by Crippen LogP contribution is 2.67. The summed E-state index contributed by atoms with van der Waals surface area (Å²) in [7, 11) is 0. The van der Waals surface area contributed by atoms with Crippen LogP contribution < -0.4 is 0 Å². The maximum atomic E-state index is 13.6. The number of aliphatic carboxylic acids is 2. The van der Waals surface area contributed by atoms with Crippen molar-refractivity contribution < 1.29 is 57.8 Å². The summed E-state index contributed by atoms with van der Waals surface area (Å²) in [5.74, 6) is -8.02. The molecule has 2 fully saturated rings. The molecule has 0 aromatic heterocycles. The zero-order valence-corrected chi connectivity index (χ0v) is 24.9. The van der Waals surface area contributed by atoms with Gasteiger partial charge in [0.25, 0.3) is 0 Å². The summed E-state index contributed by atoms with van der Waals surface area (Å²) in [4.78, 5) is 50.9. The minimum atomic E-state index is -2.17. The van der Waals surface area contributed by atoms with Crippen LogP contribution >= 0.6 is 35.8 Å². The van der Waals surface area contributed by atoms with Crippen LogP contribution in [-0.4, -0.2) is 87.5 Å². The number of carbonyl (C=O) groups is 4. The Hall–Kier alpha value is -2.52. The average molecular weight is 644 g/mol. The molecule has 6 atom stereocenters. The minimum absolute atomic E-state index is 0. The Bertz CT molecular complexity index is 1120. The zero-order chi connectivity index (χ0) is 29.9. The van der Waals surface area contributed by atoms with Crippen molar-refractivity contribution in [2.24, 2.45) is 23.7 Å². The molecule has 3 rings (SSSR count). The zero-order valence-electron chi connectivity index (χ0n) is 22.5. The van der Waals surface area contributed by atoms with Crippen molar-refractivity contribution in [3.05, 3.63) is 29.0 Å². The van der Waals surface area contributed by atoms with Gasteiger partial charge in [-0.1, -0.05) is 11.6 Å².